The molecular formula is C19H24N2O4S. The molecule has 0 aliphatic carbocycles. The second kappa shape index (κ2) is 9.35. The first-order valence-electron chi connectivity index (χ1n) is 8.31. The lowest BCUT2D eigenvalue weighted by atomic mass is 10.1. The maximum absolute atomic E-state index is 12.2. The standard InChI is InChI=1S/C19H24N2O4S/c1-25-18-10-6-9-17(15-18)19(22)20-12-14-21(26(2,23)24)13-11-16-7-4-3-5-8-16/h3-10,15H,11-14H2,1-2H3,(H,20,22). The Morgan fingerprint density at radius 1 is 1.08 bits per heavy atom. The van der Waals surface area contributed by atoms with Gasteiger partial charge in [-0.2, -0.15) is 0 Å². The molecule has 1 N–H and O–H groups in total. The normalized spacial score (nSPS) is 11.3. The summed E-state index contributed by atoms with van der Waals surface area (Å²) in [5.41, 5.74) is 1.54. The van der Waals surface area contributed by atoms with E-state index in [1.54, 1.807) is 24.3 Å². The van der Waals surface area contributed by atoms with Crippen molar-refractivity contribution in [2.24, 2.45) is 0 Å². The molecule has 2 aromatic rings. The molecule has 0 aliphatic heterocycles. The first kappa shape index (κ1) is 19.9. The summed E-state index contributed by atoms with van der Waals surface area (Å²) in [6, 6.07) is 16.5. The van der Waals surface area contributed by atoms with Gasteiger partial charge in [0.2, 0.25) is 10.0 Å². The monoisotopic (exact) mass is 376 g/mol. The average Bonchev–Trinajstić information content (AvgIpc) is 2.64. The molecule has 0 aliphatic rings. The van der Waals surface area contributed by atoms with Crippen LogP contribution >= 0.6 is 0 Å². The van der Waals surface area contributed by atoms with Gasteiger partial charge in [0, 0.05) is 25.2 Å². The molecular weight excluding hydrogens is 352 g/mol. The Bertz CT molecular complexity index is 822. The molecule has 140 valence electrons. The van der Waals surface area contributed by atoms with Crippen LogP contribution in [0.2, 0.25) is 0 Å². The van der Waals surface area contributed by atoms with E-state index in [9.17, 15) is 13.2 Å². The Morgan fingerprint density at radius 3 is 2.46 bits per heavy atom. The van der Waals surface area contributed by atoms with Crippen LogP contribution in [0.25, 0.3) is 0 Å². The number of ether oxygens (including phenoxy) is 1. The van der Waals surface area contributed by atoms with Gasteiger partial charge in [0.05, 0.1) is 13.4 Å². The molecule has 0 bridgehead atoms. The Kier molecular flexibility index (Phi) is 7.17. The molecule has 26 heavy (non-hydrogen) atoms. The summed E-state index contributed by atoms with van der Waals surface area (Å²) >= 11 is 0. The van der Waals surface area contributed by atoms with Gasteiger partial charge in [0.15, 0.2) is 0 Å². The lowest BCUT2D eigenvalue weighted by Gasteiger charge is -2.20. The van der Waals surface area contributed by atoms with Gasteiger partial charge in [-0.15, -0.1) is 0 Å². The molecule has 0 saturated heterocycles. The van der Waals surface area contributed by atoms with Crippen molar-refractivity contribution >= 4 is 15.9 Å². The van der Waals surface area contributed by atoms with Crippen LogP contribution in [0.15, 0.2) is 54.6 Å². The highest BCUT2D eigenvalue weighted by Crippen LogP contribution is 2.12. The largest absolute Gasteiger partial charge is 0.497 e. The molecule has 6 nitrogen and oxygen atoms in total. The number of methoxy groups -OCH3 is 1. The molecule has 0 fully saturated rings. The van der Waals surface area contributed by atoms with Crippen LogP contribution in [0.1, 0.15) is 15.9 Å². The fourth-order valence-corrected chi connectivity index (χ4v) is 3.35. The van der Waals surface area contributed by atoms with Crippen molar-refractivity contribution in [1.29, 1.82) is 0 Å². The van der Waals surface area contributed by atoms with Gasteiger partial charge >= 0.3 is 0 Å². The zero-order valence-corrected chi connectivity index (χ0v) is 15.8. The molecule has 2 rings (SSSR count). The van der Waals surface area contributed by atoms with Crippen LogP contribution in [0.5, 0.6) is 5.75 Å². The fourth-order valence-electron chi connectivity index (χ4n) is 2.50. The minimum Gasteiger partial charge on any atom is -0.497 e. The van der Waals surface area contributed by atoms with Crippen molar-refractivity contribution in [3.63, 3.8) is 0 Å². The minimum atomic E-state index is -3.35. The van der Waals surface area contributed by atoms with Crippen LogP contribution in [0.4, 0.5) is 0 Å². The summed E-state index contributed by atoms with van der Waals surface area (Å²) in [6.45, 7) is 0.831. The molecule has 0 atom stereocenters. The molecule has 0 aromatic heterocycles. The van der Waals surface area contributed by atoms with E-state index in [2.05, 4.69) is 5.32 Å². The van der Waals surface area contributed by atoms with E-state index in [1.807, 2.05) is 30.3 Å². The number of hydrogen-bond donors (Lipinski definition) is 1. The van der Waals surface area contributed by atoms with E-state index < -0.39 is 10.0 Å². The van der Waals surface area contributed by atoms with Crippen molar-refractivity contribution in [3.8, 4) is 5.75 Å². The highest BCUT2D eigenvalue weighted by Gasteiger charge is 2.16. The number of nitrogens with one attached hydrogen (secondary N) is 1. The molecule has 0 radical (unpaired) electrons. The van der Waals surface area contributed by atoms with Crippen LogP contribution in [0, 0.1) is 0 Å². The summed E-state index contributed by atoms with van der Waals surface area (Å²) < 4.78 is 30.4. The van der Waals surface area contributed by atoms with Gasteiger partial charge < -0.3 is 10.1 Å². The topological polar surface area (TPSA) is 75.7 Å². The Morgan fingerprint density at radius 2 is 1.81 bits per heavy atom. The lowest BCUT2D eigenvalue weighted by molar-refractivity contribution is 0.0951. The quantitative estimate of drug-likeness (QED) is 0.726. The number of rotatable bonds is 9. The highest BCUT2D eigenvalue weighted by molar-refractivity contribution is 7.88. The molecule has 1 amide bonds. The zero-order valence-electron chi connectivity index (χ0n) is 15.0. The summed E-state index contributed by atoms with van der Waals surface area (Å²) in [5.74, 6) is 0.332. The maximum Gasteiger partial charge on any atom is 0.251 e. The molecule has 0 heterocycles. The predicted molar refractivity (Wildman–Crippen MR) is 102 cm³/mol. The number of sulfonamides is 1. The third-order valence-electron chi connectivity index (χ3n) is 3.94. The number of amides is 1. The van der Waals surface area contributed by atoms with E-state index >= 15 is 0 Å². The first-order valence-corrected chi connectivity index (χ1v) is 10.2. The Labute approximate surface area is 154 Å². The molecule has 2 aromatic carbocycles. The maximum atomic E-state index is 12.2. The van der Waals surface area contributed by atoms with Crippen LogP contribution < -0.4 is 10.1 Å². The van der Waals surface area contributed by atoms with Gasteiger partial charge in [-0.25, -0.2) is 12.7 Å². The van der Waals surface area contributed by atoms with Gasteiger partial charge in [-0.1, -0.05) is 36.4 Å². The predicted octanol–water partition coefficient (Wildman–Crippen LogP) is 1.93. The Hall–Kier alpha value is -2.38. The summed E-state index contributed by atoms with van der Waals surface area (Å²) in [5, 5.41) is 2.75. The number of carbonyl (C=O) groups excluding carboxylic acids is 1. The van der Waals surface area contributed by atoms with Gasteiger partial charge in [0.1, 0.15) is 5.75 Å². The fraction of sp³-hybridized carbons (Fsp3) is 0.316. The third-order valence-corrected chi connectivity index (χ3v) is 5.24. The summed E-state index contributed by atoms with van der Waals surface area (Å²) in [7, 11) is -1.81. The second-order valence-electron chi connectivity index (χ2n) is 5.89. The number of hydrogen-bond acceptors (Lipinski definition) is 4. The molecule has 0 unspecified atom stereocenters. The third kappa shape index (κ3) is 6.16. The van der Waals surface area contributed by atoms with E-state index in [4.69, 9.17) is 4.74 Å². The number of nitrogens with zero attached hydrogens (tertiary/aromatic N) is 1. The first-order chi connectivity index (χ1) is 12.4. The van der Waals surface area contributed by atoms with E-state index in [0.29, 0.717) is 24.3 Å². The van der Waals surface area contributed by atoms with E-state index in [1.165, 1.54) is 17.7 Å². The van der Waals surface area contributed by atoms with Crippen LogP contribution in [-0.2, 0) is 16.4 Å². The summed E-state index contributed by atoms with van der Waals surface area (Å²) in [4.78, 5) is 12.2. The minimum absolute atomic E-state index is 0.224. The number of carbonyl (C=O) groups is 1. The molecule has 0 saturated carbocycles. The van der Waals surface area contributed by atoms with Crippen molar-refractivity contribution in [2.75, 3.05) is 33.0 Å². The smallest absolute Gasteiger partial charge is 0.251 e. The van der Waals surface area contributed by atoms with E-state index in [0.717, 1.165) is 5.56 Å². The van der Waals surface area contributed by atoms with Gasteiger partial charge in [0.25, 0.3) is 5.91 Å². The average molecular weight is 376 g/mol. The van der Waals surface area contributed by atoms with Gasteiger partial charge in [-0.3, -0.25) is 4.79 Å². The van der Waals surface area contributed by atoms with Crippen LogP contribution in [-0.4, -0.2) is 51.6 Å². The van der Waals surface area contributed by atoms with E-state index in [-0.39, 0.29) is 19.0 Å². The molecule has 7 heteroatoms. The summed E-state index contributed by atoms with van der Waals surface area (Å²) in [6.07, 6.45) is 1.81. The zero-order chi connectivity index (χ0) is 19.0. The van der Waals surface area contributed by atoms with Crippen molar-refractivity contribution in [1.82, 2.24) is 9.62 Å². The van der Waals surface area contributed by atoms with Crippen LogP contribution in [0.3, 0.4) is 0 Å². The van der Waals surface area contributed by atoms with Crippen molar-refractivity contribution in [2.45, 2.75) is 6.42 Å². The second-order valence-corrected chi connectivity index (χ2v) is 7.87. The SMILES string of the molecule is COc1cccc(C(=O)NCCN(CCc2ccccc2)S(C)(=O)=O)c1. The molecule has 0 spiro atoms. The lowest BCUT2D eigenvalue weighted by Crippen LogP contribution is -2.39. The highest BCUT2D eigenvalue weighted by atomic mass is 32.2. The Balaban J connectivity index is 1.89. The van der Waals surface area contributed by atoms with Crippen molar-refractivity contribution in [3.05, 3.63) is 65.7 Å². The van der Waals surface area contributed by atoms with Gasteiger partial charge in [-0.05, 0) is 30.2 Å². The van der Waals surface area contributed by atoms with Crippen molar-refractivity contribution < 1.29 is 17.9 Å². The number of benzene rings is 2.